The molecule has 3 heterocycles. The Morgan fingerprint density at radius 3 is 2.77 bits per heavy atom. The van der Waals surface area contributed by atoms with E-state index in [2.05, 4.69) is 27.3 Å². The molecule has 1 aliphatic carbocycles. The Morgan fingerprint density at radius 1 is 1.08 bits per heavy atom. The van der Waals surface area contributed by atoms with Crippen LogP contribution in [0.2, 0.25) is 0 Å². The summed E-state index contributed by atoms with van der Waals surface area (Å²) in [5, 5.41) is 8.32. The van der Waals surface area contributed by atoms with Crippen molar-refractivity contribution in [2.24, 2.45) is 17.6 Å². The number of hydrogen-bond acceptors (Lipinski definition) is 4. The summed E-state index contributed by atoms with van der Waals surface area (Å²) in [5.41, 5.74) is 9.29. The van der Waals surface area contributed by atoms with Gasteiger partial charge in [0.05, 0.1) is 17.1 Å². The van der Waals surface area contributed by atoms with E-state index in [1.807, 2.05) is 30.3 Å². The molecular formula is C21H25N5. The van der Waals surface area contributed by atoms with Crippen molar-refractivity contribution in [2.45, 2.75) is 32.1 Å². The quantitative estimate of drug-likeness (QED) is 0.725. The van der Waals surface area contributed by atoms with Crippen LogP contribution in [0.25, 0.3) is 28.5 Å². The molecule has 5 nitrogen and oxygen atoms in total. The first-order chi connectivity index (χ1) is 12.8. The summed E-state index contributed by atoms with van der Waals surface area (Å²) in [6.07, 6.45) is 12.4. The Labute approximate surface area is 153 Å². The van der Waals surface area contributed by atoms with E-state index in [0.29, 0.717) is 0 Å². The lowest BCUT2D eigenvalue weighted by Gasteiger charge is -2.26. The molecule has 3 aromatic rings. The minimum atomic E-state index is 0.721. The maximum Gasteiger partial charge on any atom is 0.181 e. The van der Waals surface area contributed by atoms with E-state index in [1.54, 1.807) is 6.20 Å². The van der Waals surface area contributed by atoms with Crippen LogP contribution in [0.5, 0.6) is 0 Å². The van der Waals surface area contributed by atoms with E-state index < -0.39 is 0 Å². The van der Waals surface area contributed by atoms with Crippen LogP contribution in [0.4, 0.5) is 0 Å². The van der Waals surface area contributed by atoms with Crippen LogP contribution in [0, 0.1) is 11.8 Å². The van der Waals surface area contributed by atoms with Crippen LogP contribution < -0.4 is 5.73 Å². The molecule has 1 fully saturated rings. The molecule has 0 unspecified atom stereocenters. The molecule has 0 aliphatic heterocycles. The average molecular weight is 347 g/mol. The molecule has 1 saturated carbocycles. The summed E-state index contributed by atoms with van der Waals surface area (Å²) in [6.45, 7) is 0.844. The fraction of sp³-hybridized carbons (Fsp3) is 0.381. The minimum Gasteiger partial charge on any atom is -0.330 e. The lowest BCUT2D eigenvalue weighted by atomic mass is 9.80. The molecule has 134 valence electrons. The number of allylic oxidation sites excluding steroid dienone is 1. The predicted octanol–water partition coefficient (Wildman–Crippen LogP) is 4.19. The monoisotopic (exact) mass is 347 g/mol. The lowest BCUT2D eigenvalue weighted by Crippen LogP contribution is -2.21. The van der Waals surface area contributed by atoms with Gasteiger partial charge in [0.1, 0.15) is 0 Å². The minimum absolute atomic E-state index is 0.721. The largest absolute Gasteiger partial charge is 0.330 e. The maximum absolute atomic E-state index is 5.78. The Balaban J connectivity index is 1.45. The van der Waals surface area contributed by atoms with E-state index in [-0.39, 0.29) is 0 Å². The highest BCUT2D eigenvalue weighted by Crippen LogP contribution is 2.30. The van der Waals surface area contributed by atoms with E-state index >= 15 is 0 Å². The first kappa shape index (κ1) is 16.9. The molecule has 0 atom stereocenters. The number of rotatable bonds is 5. The van der Waals surface area contributed by atoms with Gasteiger partial charge in [-0.15, -0.1) is 0 Å². The normalized spacial score (nSPS) is 20.8. The highest BCUT2D eigenvalue weighted by atomic mass is 15.2. The van der Waals surface area contributed by atoms with Gasteiger partial charge in [-0.1, -0.05) is 12.1 Å². The van der Waals surface area contributed by atoms with E-state index in [4.69, 9.17) is 10.7 Å². The maximum atomic E-state index is 5.78. The zero-order valence-corrected chi connectivity index (χ0v) is 14.9. The number of nitrogens with two attached hydrogens (primary N) is 1. The van der Waals surface area contributed by atoms with Gasteiger partial charge in [-0.2, -0.15) is 5.10 Å². The summed E-state index contributed by atoms with van der Waals surface area (Å²) in [7, 11) is 0. The van der Waals surface area contributed by atoms with Gasteiger partial charge >= 0.3 is 0 Å². The van der Waals surface area contributed by atoms with Crippen molar-refractivity contribution in [1.82, 2.24) is 20.2 Å². The number of fused-ring (bicyclic) bond motifs is 1. The van der Waals surface area contributed by atoms with Crippen molar-refractivity contribution in [3.63, 3.8) is 0 Å². The lowest BCUT2D eigenvalue weighted by molar-refractivity contribution is 0.281. The van der Waals surface area contributed by atoms with Crippen molar-refractivity contribution in [3.8, 4) is 11.4 Å². The summed E-state index contributed by atoms with van der Waals surface area (Å²) in [6, 6.07) is 10.0. The third-order valence-corrected chi connectivity index (χ3v) is 5.41. The van der Waals surface area contributed by atoms with Gasteiger partial charge in [0.15, 0.2) is 5.65 Å². The van der Waals surface area contributed by atoms with Crippen LogP contribution in [0.1, 0.15) is 37.8 Å². The van der Waals surface area contributed by atoms with Gasteiger partial charge in [-0.05, 0) is 80.8 Å². The van der Waals surface area contributed by atoms with Crippen LogP contribution in [0.3, 0.4) is 0 Å². The Kier molecular flexibility index (Phi) is 5.07. The number of H-pyrrole nitrogens is 1. The molecule has 0 aromatic carbocycles. The molecule has 0 saturated heterocycles. The second-order valence-corrected chi connectivity index (χ2v) is 7.18. The van der Waals surface area contributed by atoms with Crippen LogP contribution >= 0.6 is 0 Å². The summed E-state index contributed by atoms with van der Waals surface area (Å²) in [4.78, 5) is 9.04. The molecule has 0 radical (unpaired) electrons. The Morgan fingerprint density at radius 2 is 1.92 bits per heavy atom. The molecule has 1 aliphatic rings. The molecule has 0 spiro atoms. The van der Waals surface area contributed by atoms with Crippen LogP contribution in [0.15, 0.2) is 42.6 Å². The number of aromatic amines is 1. The highest BCUT2D eigenvalue weighted by molar-refractivity contribution is 5.89. The summed E-state index contributed by atoms with van der Waals surface area (Å²) in [5.74, 6) is 1.53. The molecule has 3 aromatic heterocycles. The van der Waals surface area contributed by atoms with Crippen molar-refractivity contribution < 1.29 is 0 Å². The fourth-order valence-electron chi connectivity index (χ4n) is 3.81. The zero-order valence-electron chi connectivity index (χ0n) is 14.9. The predicted molar refractivity (Wildman–Crippen MR) is 105 cm³/mol. The Bertz CT molecular complexity index is 890. The molecule has 0 bridgehead atoms. The van der Waals surface area contributed by atoms with E-state index in [0.717, 1.165) is 52.9 Å². The van der Waals surface area contributed by atoms with Crippen molar-refractivity contribution in [2.75, 3.05) is 6.54 Å². The van der Waals surface area contributed by atoms with Crippen LogP contribution in [-0.2, 0) is 0 Å². The first-order valence-corrected chi connectivity index (χ1v) is 9.46. The third-order valence-electron chi connectivity index (χ3n) is 5.41. The number of nitrogens with zero attached hydrogens (tertiary/aromatic N) is 3. The fourth-order valence-corrected chi connectivity index (χ4v) is 3.81. The van der Waals surface area contributed by atoms with Crippen molar-refractivity contribution in [1.29, 1.82) is 0 Å². The molecule has 0 amide bonds. The van der Waals surface area contributed by atoms with Gasteiger partial charge in [0, 0.05) is 11.6 Å². The average Bonchev–Trinajstić information content (AvgIpc) is 3.13. The van der Waals surface area contributed by atoms with Gasteiger partial charge < -0.3 is 5.73 Å². The number of hydrogen-bond donors (Lipinski definition) is 2. The first-order valence-electron chi connectivity index (χ1n) is 9.46. The second kappa shape index (κ2) is 7.79. The van der Waals surface area contributed by atoms with Crippen LogP contribution in [-0.4, -0.2) is 26.7 Å². The smallest absolute Gasteiger partial charge is 0.181 e. The summed E-state index contributed by atoms with van der Waals surface area (Å²) >= 11 is 0. The zero-order chi connectivity index (χ0) is 17.8. The van der Waals surface area contributed by atoms with Crippen molar-refractivity contribution >= 4 is 17.1 Å². The van der Waals surface area contributed by atoms with Crippen molar-refractivity contribution in [3.05, 3.63) is 48.3 Å². The molecule has 3 N–H and O–H groups in total. The van der Waals surface area contributed by atoms with E-state index in [1.165, 1.54) is 25.7 Å². The van der Waals surface area contributed by atoms with Gasteiger partial charge in [-0.25, -0.2) is 9.97 Å². The SMILES string of the molecule is NCC1CCC(C/C=C\c2cccc(-c3[nH]nc4ncccc34)n2)CC1. The third kappa shape index (κ3) is 3.68. The highest BCUT2D eigenvalue weighted by Gasteiger charge is 2.18. The topological polar surface area (TPSA) is 80.5 Å². The molecule has 4 rings (SSSR count). The van der Waals surface area contributed by atoms with Gasteiger partial charge in [0.25, 0.3) is 0 Å². The molecule has 5 heteroatoms. The number of pyridine rings is 2. The number of nitrogens with one attached hydrogen (secondary N) is 1. The molecular weight excluding hydrogens is 322 g/mol. The van der Waals surface area contributed by atoms with Gasteiger partial charge in [-0.3, -0.25) is 5.10 Å². The molecule has 26 heavy (non-hydrogen) atoms. The Hall–Kier alpha value is -2.53. The standard InChI is InChI=1S/C21H25N5/c22-14-16-11-9-15(10-12-16)4-1-5-17-6-2-8-19(24-17)20-18-7-3-13-23-21(18)26-25-20/h1-3,5-8,13,15-16H,4,9-12,14,22H2,(H,23,25,26)/b5-1-. The van der Waals surface area contributed by atoms with E-state index in [9.17, 15) is 0 Å². The number of aromatic nitrogens is 4. The second-order valence-electron chi connectivity index (χ2n) is 7.18. The van der Waals surface area contributed by atoms with Gasteiger partial charge in [0.2, 0.25) is 0 Å². The summed E-state index contributed by atoms with van der Waals surface area (Å²) < 4.78 is 0.